The summed E-state index contributed by atoms with van der Waals surface area (Å²) in [6.07, 6.45) is 16.8. The monoisotopic (exact) mass is 406 g/mol. The lowest BCUT2D eigenvalue weighted by Gasteiger charge is -2.05. The van der Waals surface area contributed by atoms with Crippen LogP contribution in [-0.2, 0) is 0 Å². The van der Waals surface area contributed by atoms with E-state index in [1.165, 1.54) is 5.57 Å². The summed E-state index contributed by atoms with van der Waals surface area (Å²) in [5.41, 5.74) is 6.04. The second-order valence-corrected chi connectivity index (χ2v) is 6.88. The van der Waals surface area contributed by atoms with E-state index in [1.54, 1.807) is 6.08 Å². The molecule has 0 aliphatic heterocycles. The van der Waals surface area contributed by atoms with Crippen molar-refractivity contribution in [2.24, 2.45) is 0 Å². The number of para-hydroxylation sites is 1. The highest BCUT2D eigenvalue weighted by atomic mass is 19.1. The Balaban J connectivity index is 2.23. The van der Waals surface area contributed by atoms with Gasteiger partial charge in [0, 0.05) is 6.54 Å². The minimum absolute atomic E-state index is 0.452. The van der Waals surface area contributed by atoms with Crippen molar-refractivity contribution in [1.82, 2.24) is 20.3 Å². The summed E-state index contributed by atoms with van der Waals surface area (Å²) in [4.78, 5) is 0. The van der Waals surface area contributed by atoms with Crippen molar-refractivity contribution in [2.75, 3.05) is 20.3 Å². The van der Waals surface area contributed by atoms with E-state index in [2.05, 4.69) is 46.9 Å². The first-order valence-electron chi connectivity index (χ1n) is 10.2. The van der Waals surface area contributed by atoms with Crippen molar-refractivity contribution in [3.63, 3.8) is 0 Å². The van der Waals surface area contributed by atoms with Crippen LogP contribution in [0.1, 0.15) is 27.2 Å². The third-order valence-electron chi connectivity index (χ3n) is 4.50. The number of nitrogens with one attached hydrogen (secondary N) is 1. The Morgan fingerprint density at radius 1 is 1.13 bits per heavy atom. The van der Waals surface area contributed by atoms with Crippen LogP contribution in [0.2, 0.25) is 0 Å². The highest BCUT2D eigenvalue weighted by Crippen LogP contribution is 2.18. The molecule has 0 radical (unpaired) electrons. The van der Waals surface area contributed by atoms with Crippen LogP contribution >= 0.6 is 0 Å². The lowest BCUT2D eigenvalue weighted by Crippen LogP contribution is -2.09. The van der Waals surface area contributed by atoms with Crippen LogP contribution < -0.4 is 5.32 Å². The number of alkyl halides is 1. The molecular formula is C25H31FN4. The quantitative estimate of drug-likeness (QED) is 0.507. The maximum atomic E-state index is 12.6. The number of halogens is 1. The molecule has 158 valence electrons. The molecule has 1 N–H and O–H groups in total. The first-order chi connectivity index (χ1) is 14.6. The van der Waals surface area contributed by atoms with E-state index in [1.807, 2.05) is 68.1 Å². The molecule has 0 unspecified atom stereocenters. The fourth-order valence-electron chi connectivity index (χ4n) is 3.09. The molecule has 4 nitrogen and oxygen atoms in total. The summed E-state index contributed by atoms with van der Waals surface area (Å²) in [5, 5.41) is 11.6. The standard InChI is InChI=1S/C25H31FN4/c1-5-10-23(30-25-14-8-7-13-24(25)28-29-30)18-20(3)17-21(6-2)11-9-12-22(15-16-26)19-27-4/h5-10,12-15,17-18,27H,11,16,19H2,1-4H3/b10-5-,12-9-,20-17+,21-6-,22-15+,23-18+. The smallest absolute Gasteiger partial charge is 0.113 e. The molecule has 0 aliphatic carbocycles. The normalized spacial score (nSPS) is 14.6. The van der Waals surface area contributed by atoms with Gasteiger partial charge in [-0.3, -0.25) is 0 Å². The van der Waals surface area contributed by atoms with Crippen LogP contribution in [0.3, 0.4) is 0 Å². The second-order valence-electron chi connectivity index (χ2n) is 6.88. The number of allylic oxidation sites excluding steroid dienone is 10. The number of aromatic nitrogens is 3. The van der Waals surface area contributed by atoms with E-state index >= 15 is 0 Å². The average Bonchev–Trinajstić information content (AvgIpc) is 3.17. The van der Waals surface area contributed by atoms with E-state index in [-0.39, 0.29) is 0 Å². The fraction of sp³-hybridized carbons (Fsp3) is 0.280. The molecule has 0 amide bonds. The van der Waals surface area contributed by atoms with Crippen LogP contribution in [0.5, 0.6) is 0 Å². The topological polar surface area (TPSA) is 42.7 Å². The maximum absolute atomic E-state index is 12.6. The van der Waals surface area contributed by atoms with Crippen molar-refractivity contribution in [2.45, 2.75) is 27.2 Å². The molecule has 0 spiro atoms. The van der Waals surface area contributed by atoms with Gasteiger partial charge in [0.1, 0.15) is 12.2 Å². The molecule has 0 fully saturated rings. The van der Waals surface area contributed by atoms with Crippen LogP contribution in [0, 0.1) is 0 Å². The lowest BCUT2D eigenvalue weighted by atomic mass is 10.1. The Kier molecular flexibility index (Phi) is 9.68. The Hall–Kier alpha value is -3.05. The molecule has 0 saturated heterocycles. The maximum Gasteiger partial charge on any atom is 0.113 e. The molecule has 30 heavy (non-hydrogen) atoms. The molecule has 2 aromatic rings. The second kappa shape index (κ2) is 12.5. The number of rotatable bonds is 10. The minimum Gasteiger partial charge on any atom is -0.316 e. The van der Waals surface area contributed by atoms with Gasteiger partial charge in [0.2, 0.25) is 0 Å². The van der Waals surface area contributed by atoms with Gasteiger partial charge < -0.3 is 5.32 Å². The number of hydrogen-bond donors (Lipinski definition) is 1. The van der Waals surface area contributed by atoms with Crippen LogP contribution in [-0.4, -0.2) is 35.3 Å². The van der Waals surface area contributed by atoms with Crippen molar-refractivity contribution < 1.29 is 4.39 Å². The summed E-state index contributed by atoms with van der Waals surface area (Å²) in [6.45, 7) is 6.29. The van der Waals surface area contributed by atoms with E-state index in [0.29, 0.717) is 6.54 Å². The first kappa shape index (κ1) is 23.2. The van der Waals surface area contributed by atoms with Gasteiger partial charge in [-0.25, -0.2) is 9.07 Å². The zero-order chi connectivity index (χ0) is 21.8. The van der Waals surface area contributed by atoms with E-state index in [0.717, 1.165) is 34.3 Å². The molecular weight excluding hydrogens is 375 g/mol. The van der Waals surface area contributed by atoms with Crippen molar-refractivity contribution in [3.05, 3.63) is 89.6 Å². The largest absolute Gasteiger partial charge is 0.316 e. The molecule has 1 aromatic heterocycles. The van der Waals surface area contributed by atoms with E-state index in [4.69, 9.17) is 0 Å². The summed E-state index contributed by atoms with van der Waals surface area (Å²) in [5.74, 6) is 0. The van der Waals surface area contributed by atoms with Gasteiger partial charge in [0.05, 0.1) is 11.2 Å². The number of fused-ring (bicyclic) bond motifs is 1. The number of nitrogens with zero attached hydrogens (tertiary/aromatic N) is 3. The van der Waals surface area contributed by atoms with E-state index in [9.17, 15) is 4.39 Å². The lowest BCUT2D eigenvalue weighted by molar-refractivity contribution is 0.559. The van der Waals surface area contributed by atoms with Gasteiger partial charge in [-0.15, -0.1) is 5.10 Å². The van der Waals surface area contributed by atoms with Crippen molar-refractivity contribution in [3.8, 4) is 0 Å². The van der Waals surface area contributed by atoms with Gasteiger partial charge in [-0.1, -0.05) is 47.7 Å². The number of benzene rings is 1. The molecule has 5 heteroatoms. The minimum atomic E-state index is -0.452. The number of hydrogen-bond acceptors (Lipinski definition) is 3. The molecule has 0 bridgehead atoms. The Morgan fingerprint density at radius 2 is 1.93 bits per heavy atom. The van der Waals surface area contributed by atoms with Crippen molar-refractivity contribution >= 4 is 16.7 Å². The van der Waals surface area contributed by atoms with E-state index < -0.39 is 6.67 Å². The molecule has 1 aromatic carbocycles. The summed E-state index contributed by atoms with van der Waals surface area (Å²) >= 11 is 0. The van der Waals surface area contributed by atoms with Gasteiger partial charge in [-0.05, 0) is 81.3 Å². The van der Waals surface area contributed by atoms with Gasteiger partial charge in [0.25, 0.3) is 0 Å². The zero-order valence-electron chi connectivity index (χ0n) is 18.3. The SMILES string of the molecule is C\C=C/C(=C\C(C)=C\C(=C/C)C/C=C\C(=C/CF)CNC)n1nnc2ccccc21. The summed E-state index contributed by atoms with van der Waals surface area (Å²) in [7, 11) is 1.86. The van der Waals surface area contributed by atoms with Crippen LogP contribution in [0.15, 0.2) is 89.6 Å². The van der Waals surface area contributed by atoms with Gasteiger partial charge >= 0.3 is 0 Å². The van der Waals surface area contributed by atoms with Gasteiger partial charge in [0.15, 0.2) is 0 Å². The highest BCUT2D eigenvalue weighted by Gasteiger charge is 2.06. The average molecular weight is 407 g/mol. The molecule has 0 saturated carbocycles. The van der Waals surface area contributed by atoms with Gasteiger partial charge in [-0.2, -0.15) is 0 Å². The molecule has 2 rings (SSSR count). The molecule has 1 heterocycles. The zero-order valence-corrected chi connectivity index (χ0v) is 18.3. The third kappa shape index (κ3) is 6.78. The predicted molar refractivity (Wildman–Crippen MR) is 126 cm³/mol. The fourth-order valence-corrected chi connectivity index (χ4v) is 3.09. The Morgan fingerprint density at radius 3 is 2.63 bits per heavy atom. The predicted octanol–water partition coefficient (Wildman–Crippen LogP) is 5.80. The molecule has 0 aliphatic rings. The summed E-state index contributed by atoms with van der Waals surface area (Å²) in [6, 6.07) is 7.92. The van der Waals surface area contributed by atoms with Crippen LogP contribution in [0.25, 0.3) is 16.7 Å². The van der Waals surface area contributed by atoms with Crippen LogP contribution in [0.4, 0.5) is 4.39 Å². The Bertz CT molecular complexity index is 1000. The van der Waals surface area contributed by atoms with Crippen molar-refractivity contribution in [1.29, 1.82) is 0 Å². The summed E-state index contributed by atoms with van der Waals surface area (Å²) < 4.78 is 14.5. The molecule has 0 atom stereocenters. The Labute approximate surface area is 178 Å². The first-order valence-corrected chi connectivity index (χ1v) is 10.2. The third-order valence-corrected chi connectivity index (χ3v) is 4.50. The number of likely N-dealkylation sites (N-methyl/N-ethyl adjacent to an activating group) is 1. The highest BCUT2D eigenvalue weighted by molar-refractivity contribution is 5.79.